The Bertz CT molecular complexity index is 403. The highest BCUT2D eigenvalue weighted by Gasteiger charge is 2.12. The van der Waals surface area contributed by atoms with E-state index in [1.54, 1.807) is 0 Å². The molecule has 18 heavy (non-hydrogen) atoms. The molecule has 102 valence electrons. The largest absolute Gasteiger partial charge is 0.308 e. The van der Waals surface area contributed by atoms with E-state index in [0.29, 0.717) is 4.88 Å². The van der Waals surface area contributed by atoms with Crippen LogP contribution in [-0.2, 0) is 6.54 Å². The maximum Gasteiger partial charge on any atom is 0.275 e. The quantitative estimate of drug-likeness (QED) is 0.453. The lowest BCUT2D eigenvalue weighted by molar-refractivity contribution is 0.0957. The Hall–Kier alpha value is -0.950. The van der Waals surface area contributed by atoms with Gasteiger partial charge in [-0.15, -0.1) is 11.3 Å². The fourth-order valence-corrected chi connectivity index (χ4v) is 2.54. The molecule has 0 aliphatic heterocycles. The molecule has 1 heterocycles. The number of nitrogens with zero attached hydrogens (tertiary/aromatic N) is 2. The van der Waals surface area contributed by atoms with Gasteiger partial charge in [-0.05, 0) is 39.7 Å². The summed E-state index contributed by atoms with van der Waals surface area (Å²) in [6.07, 6.45) is 0. The molecule has 0 radical (unpaired) electrons. The smallest absolute Gasteiger partial charge is 0.275 e. The number of nitrogens with two attached hydrogens (primary N) is 1. The summed E-state index contributed by atoms with van der Waals surface area (Å²) in [6, 6.07) is 1.92. The van der Waals surface area contributed by atoms with E-state index < -0.39 is 0 Å². The molecule has 3 N–H and O–H groups in total. The molecule has 1 amide bonds. The monoisotopic (exact) mass is 270 g/mol. The van der Waals surface area contributed by atoms with E-state index in [4.69, 9.17) is 5.84 Å². The molecule has 0 saturated heterocycles. The second kappa shape index (κ2) is 6.84. The molecule has 0 aliphatic rings. The molecule has 1 aromatic rings. The van der Waals surface area contributed by atoms with Crippen molar-refractivity contribution < 1.29 is 4.79 Å². The lowest BCUT2D eigenvalue weighted by Gasteiger charge is -2.19. The first-order chi connectivity index (χ1) is 8.43. The van der Waals surface area contributed by atoms with Crippen molar-refractivity contribution in [2.45, 2.75) is 13.5 Å². The fourth-order valence-electron chi connectivity index (χ4n) is 1.60. The molecular formula is C12H22N4OS. The molecular weight excluding hydrogens is 248 g/mol. The number of thiophene rings is 1. The topological polar surface area (TPSA) is 61.6 Å². The van der Waals surface area contributed by atoms with Crippen molar-refractivity contribution in [2.24, 2.45) is 5.84 Å². The molecule has 0 bridgehead atoms. The van der Waals surface area contributed by atoms with Gasteiger partial charge in [-0.25, -0.2) is 5.84 Å². The Labute approximate surface area is 113 Å². The number of nitrogen functional groups attached to an aromatic ring is 1. The molecule has 0 fully saturated rings. The van der Waals surface area contributed by atoms with Gasteiger partial charge in [0.1, 0.15) is 0 Å². The predicted molar refractivity (Wildman–Crippen MR) is 75.6 cm³/mol. The first kappa shape index (κ1) is 15.1. The highest BCUT2D eigenvalue weighted by atomic mass is 32.1. The number of hydrogen-bond acceptors (Lipinski definition) is 5. The van der Waals surface area contributed by atoms with Crippen molar-refractivity contribution in [1.82, 2.24) is 15.2 Å². The van der Waals surface area contributed by atoms with Crippen LogP contribution in [0.15, 0.2) is 6.07 Å². The van der Waals surface area contributed by atoms with E-state index in [9.17, 15) is 4.79 Å². The minimum Gasteiger partial charge on any atom is -0.308 e. The van der Waals surface area contributed by atoms with E-state index in [0.717, 1.165) is 19.6 Å². The zero-order chi connectivity index (χ0) is 13.7. The number of rotatable bonds is 6. The van der Waals surface area contributed by atoms with Crippen LogP contribution in [0.4, 0.5) is 0 Å². The third kappa shape index (κ3) is 4.38. The molecule has 0 aliphatic carbocycles. The van der Waals surface area contributed by atoms with Crippen LogP contribution in [0.25, 0.3) is 0 Å². The van der Waals surface area contributed by atoms with Crippen LogP contribution >= 0.6 is 11.3 Å². The standard InChI is InChI=1S/C12H22N4OS/c1-9-10(7-11(18-9)12(17)14-13)8-16(4)6-5-15(2)3/h7H,5-6,8,13H2,1-4H3,(H,14,17). The number of hydrazine groups is 1. The molecule has 5 nitrogen and oxygen atoms in total. The summed E-state index contributed by atoms with van der Waals surface area (Å²) in [6.45, 7) is 4.91. The van der Waals surface area contributed by atoms with Crippen molar-refractivity contribution in [2.75, 3.05) is 34.2 Å². The van der Waals surface area contributed by atoms with Crippen LogP contribution in [-0.4, -0.2) is 49.9 Å². The summed E-state index contributed by atoms with van der Waals surface area (Å²) in [5.41, 5.74) is 3.36. The minimum atomic E-state index is -0.217. The summed E-state index contributed by atoms with van der Waals surface area (Å²) in [5.74, 6) is 4.92. The van der Waals surface area contributed by atoms with Gasteiger partial charge in [0.05, 0.1) is 4.88 Å². The Morgan fingerprint density at radius 1 is 1.39 bits per heavy atom. The second-order valence-electron chi connectivity index (χ2n) is 4.71. The van der Waals surface area contributed by atoms with E-state index >= 15 is 0 Å². The molecule has 1 aromatic heterocycles. The summed E-state index contributed by atoms with van der Waals surface area (Å²) < 4.78 is 0. The molecule has 0 unspecified atom stereocenters. The number of aryl methyl sites for hydroxylation is 1. The van der Waals surface area contributed by atoms with Gasteiger partial charge in [0.2, 0.25) is 0 Å². The van der Waals surface area contributed by atoms with Gasteiger partial charge in [-0.2, -0.15) is 0 Å². The summed E-state index contributed by atoms with van der Waals surface area (Å²) in [4.78, 5) is 17.7. The maximum absolute atomic E-state index is 11.4. The van der Waals surface area contributed by atoms with Gasteiger partial charge in [0.15, 0.2) is 0 Å². The summed E-state index contributed by atoms with van der Waals surface area (Å²) in [5, 5.41) is 0. The lowest BCUT2D eigenvalue weighted by Crippen LogP contribution is -2.29. The normalized spacial score (nSPS) is 11.3. The van der Waals surface area contributed by atoms with Crippen molar-refractivity contribution in [1.29, 1.82) is 0 Å². The van der Waals surface area contributed by atoms with Crippen molar-refractivity contribution in [3.8, 4) is 0 Å². The third-order valence-corrected chi connectivity index (χ3v) is 3.84. The number of amides is 1. The summed E-state index contributed by atoms with van der Waals surface area (Å²) >= 11 is 1.48. The summed E-state index contributed by atoms with van der Waals surface area (Å²) in [7, 11) is 6.21. The highest BCUT2D eigenvalue weighted by Crippen LogP contribution is 2.22. The molecule has 1 rings (SSSR count). The fraction of sp³-hybridized carbons (Fsp3) is 0.583. The average Bonchev–Trinajstić information content (AvgIpc) is 2.67. The van der Waals surface area contributed by atoms with E-state index in [1.165, 1.54) is 21.8 Å². The Balaban J connectivity index is 2.61. The Morgan fingerprint density at radius 2 is 2.06 bits per heavy atom. The van der Waals surface area contributed by atoms with E-state index in [-0.39, 0.29) is 5.91 Å². The average molecular weight is 270 g/mol. The Kier molecular flexibility index (Phi) is 5.74. The predicted octanol–water partition coefficient (Wildman–Crippen LogP) is 0.653. The van der Waals surface area contributed by atoms with Crippen LogP contribution in [0.1, 0.15) is 20.1 Å². The van der Waals surface area contributed by atoms with Gasteiger partial charge in [0.25, 0.3) is 5.91 Å². The minimum absolute atomic E-state index is 0.217. The van der Waals surface area contributed by atoms with Gasteiger partial charge in [-0.1, -0.05) is 0 Å². The van der Waals surface area contributed by atoms with Crippen LogP contribution < -0.4 is 11.3 Å². The second-order valence-corrected chi connectivity index (χ2v) is 5.96. The van der Waals surface area contributed by atoms with Gasteiger partial charge in [-0.3, -0.25) is 10.2 Å². The SMILES string of the molecule is Cc1sc(C(=O)NN)cc1CN(C)CCN(C)C. The molecule has 0 aromatic carbocycles. The zero-order valence-electron chi connectivity index (χ0n) is 11.5. The van der Waals surface area contributed by atoms with Gasteiger partial charge in [0, 0.05) is 24.5 Å². The number of hydrogen-bond donors (Lipinski definition) is 2. The molecule has 0 atom stereocenters. The van der Waals surface area contributed by atoms with Crippen molar-refractivity contribution in [3.63, 3.8) is 0 Å². The first-order valence-corrected chi connectivity index (χ1v) is 6.69. The highest BCUT2D eigenvalue weighted by molar-refractivity contribution is 7.14. The van der Waals surface area contributed by atoms with E-state index in [2.05, 4.69) is 36.4 Å². The van der Waals surface area contributed by atoms with Crippen LogP contribution in [0, 0.1) is 6.92 Å². The van der Waals surface area contributed by atoms with Gasteiger partial charge < -0.3 is 9.80 Å². The van der Waals surface area contributed by atoms with E-state index in [1.807, 2.05) is 13.0 Å². The van der Waals surface area contributed by atoms with Gasteiger partial charge >= 0.3 is 0 Å². The number of likely N-dealkylation sites (N-methyl/N-ethyl adjacent to an activating group) is 2. The van der Waals surface area contributed by atoms with Crippen LogP contribution in [0.5, 0.6) is 0 Å². The molecule has 6 heteroatoms. The number of carbonyl (C=O) groups is 1. The maximum atomic E-state index is 11.4. The number of nitrogens with one attached hydrogen (secondary N) is 1. The lowest BCUT2D eigenvalue weighted by atomic mass is 10.2. The molecule has 0 spiro atoms. The number of carbonyl (C=O) groups excluding carboxylic acids is 1. The van der Waals surface area contributed by atoms with Crippen molar-refractivity contribution >= 4 is 17.2 Å². The Morgan fingerprint density at radius 3 is 2.61 bits per heavy atom. The van der Waals surface area contributed by atoms with Crippen LogP contribution in [0.3, 0.4) is 0 Å². The van der Waals surface area contributed by atoms with Crippen molar-refractivity contribution in [3.05, 3.63) is 21.4 Å². The first-order valence-electron chi connectivity index (χ1n) is 5.87. The van der Waals surface area contributed by atoms with Crippen LogP contribution in [0.2, 0.25) is 0 Å². The molecule has 0 saturated carbocycles. The third-order valence-electron chi connectivity index (χ3n) is 2.74. The zero-order valence-corrected chi connectivity index (χ0v) is 12.3.